The first-order valence-corrected chi connectivity index (χ1v) is 10.8. The van der Waals surface area contributed by atoms with E-state index in [2.05, 4.69) is 10.6 Å². The average Bonchev–Trinajstić information content (AvgIpc) is 2.82. The molecule has 0 aromatic heterocycles. The van der Waals surface area contributed by atoms with Crippen molar-refractivity contribution in [2.24, 2.45) is 5.41 Å². The van der Waals surface area contributed by atoms with Crippen LogP contribution in [-0.2, 0) is 9.59 Å². The number of amides is 2. The smallest absolute Gasteiger partial charge is 0.272 e. The quantitative estimate of drug-likeness (QED) is 0.482. The first kappa shape index (κ1) is 24.6. The Morgan fingerprint density at radius 2 is 1.44 bits per heavy atom. The van der Waals surface area contributed by atoms with Crippen LogP contribution in [0.15, 0.2) is 60.3 Å². The Kier molecular flexibility index (Phi) is 7.46. The number of rotatable bonds is 7. The van der Waals surface area contributed by atoms with Crippen molar-refractivity contribution in [2.45, 2.75) is 20.8 Å². The monoisotopic (exact) mass is 462 g/mol. The van der Waals surface area contributed by atoms with Crippen molar-refractivity contribution < 1.29 is 23.8 Å². The molecule has 0 fully saturated rings. The molecule has 0 saturated carbocycles. The number of hydrogen-bond acceptors (Lipinski definition) is 5. The summed E-state index contributed by atoms with van der Waals surface area (Å²) < 4.78 is 16.2. The van der Waals surface area contributed by atoms with Crippen molar-refractivity contribution in [1.29, 1.82) is 0 Å². The fourth-order valence-electron chi connectivity index (χ4n) is 3.29. The highest BCUT2D eigenvalue weighted by Gasteiger charge is 2.24. The van der Waals surface area contributed by atoms with Gasteiger partial charge in [-0.3, -0.25) is 9.59 Å². The predicted molar refractivity (Wildman–Crippen MR) is 134 cm³/mol. The van der Waals surface area contributed by atoms with E-state index in [0.29, 0.717) is 28.5 Å². The second kappa shape index (κ2) is 10.3. The van der Waals surface area contributed by atoms with Gasteiger partial charge >= 0.3 is 0 Å². The third-order valence-corrected chi connectivity index (χ3v) is 5.18. The predicted octanol–water partition coefficient (Wildman–Crippen LogP) is 5.01. The molecule has 178 valence electrons. The summed E-state index contributed by atoms with van der Waals surface area (Å²) in [5.74, 6) is 0.554. The highest BCUT2D eigenvalue weighted by atomic mass is 16.5. The Labute approximate surface area is 199 Å². The van der Waals surface area contributed by atoms with Crippen molar-refractivity contribution in [2.75, 3.05) is 26.6 Å². The van der Waals surface area contributed by atoms with Crippen molar-refractivity contribution in [3.8, 4) is 17.2 Å². The zero-order chi connectivity index (χ0) is 24.9. The molecular formula is C27H30N2O5. The average molecular weight is 463 g/mol. The summed E-state index contributed by atoms with van der Waals surface area (Å²) in [5.41, 5.74) is 0.594. The van der Waals surface area contributed by atoms with E-state index in [1.165, 1.54) is 21.3 Å². The van der Waals surface area contributed by atoms with Crippen molar-refractivity contribution in [3.05, 3.63) is 65.9 Å². The van der Waals surface area contributed by atoms with Gasteiger partial charge in [0.05, 0.1) is 21.3 Å². The zero-order valence-electron chi connectivity index (χ0n) is 20.3. The Balaban J connectivity index is 2.01. The second-order valence-corrected chi connectivity index (χ2v) is 8.74. The fraction of sp³-hybridized carbons (Fsp3) is 0.259. The van der Waals surface area contributed by atoms with Gasteiger partial charge in [0.15, 0.2) is 11.5 Å². The molecule has 0 aliphatic heterocycles. The van der Waals surface area contributed by atoms with Crippen LogP contribution in [0.4, 0.5) is 5.69 Å². The molecule has 0 saturated heterocycles. The number of benzene rings is 3. The number of carbonyl (C=O) groups excluding carboxylic acids is 2. The standard InChI is InChI=1S/C27H30N2O5/c1-27(2,3)26(31)29-21(13-17-14-22(32-4)24(34-6)23(15-17)33-5)25(30)28-20-12-11-18-9-7-8-10-19(18)16-20/h7-16H,1-6H3,(H,28,30)(H,29,31)/b21-13+. The van der Waals surface area contributed by atoms with Crippen LogP contribution >= 0.6 is 0 Å². The zero-order valence-corrected chi connectivity index (χ0v) is 20.3. The molecule has 0 heterocycles. The third kappa shape index (κ3) is 5.67. The maximum atomic E-state index is 13.3. The largest absolute Gasteiger partial charge is 0.493 e. The molecule has 3 aromatic carbocycles. The number of carbonyl (C=O) groups is 2. The van der Waals surface area contributed by atoms with Crippen LogP contribution in [0.2, 0.25) is 0 Å². The van der Waals surface area contributed by atoms with Crippen molar-refractivity contribution in [1.82, 2.24) is 5.32 Å². The Bertz CT molecular complexity index is 1220. The highest BCUT2D eigenvalue weighted by molar-refractivity contribution is 6.09. The number of ether oxygens (including phenoxy) is 3. The molecule has 3 rings (SSSR count). The molecular weight excluding hydrogens is 432 g/mol. The van der Waals surface area contributed by atoms with E-state index in [1.807, 2.05) is 42.5 Å². The molecule has 0 bridgehead atoms. The van der Waals surface area contributed by atoms with Gasteiger partial charge in [-0.15, -0.1) is 0 Å². The van der Waals surface area contributed by atoms with E-state index >= 15 is 0 Å². The van der Waals surface area contributed by atoms with E-state index in [0.717, 1.165) is 10.8 Å². The number of hydrogen-bond donors (Lipinski definition) is 2. The maximum Gasteiger partial charge on any atom is 0.272 e. The minimum Gasteiger partial charge on any atom is -0.493 e. The third-order valence-electron chi connectivity index (χ3n) is 5.18. The van der Waals surface area contributed by atoms with E-state index < -0.39 is 11.3 Å². The van der Waals surface area contributed by atoms with Crippen LogP contribution in [-0.4, -0.2) is 33.1 Å². The molecule has 2 N–H and O–H groups in total. The van der Waals surface area contributed by atoms with Gasteiger partial charge < -0.3 is 24.8 Å². The lowest BCUT2D eigenvalue weighted by molar-refractivity contribution is -0.128. The second-order valence-electron chi connectivity index (χ2n) is 8.74. The van der Waals surface area contributed by atoms with Crippen LogP contribution in [0.5, 0.6) is 17.2 Å². The van der Waals surface area contributed by atoms with E-state index in [1.54, 1.807) is 39.0 Å². The van der Waals surface area contributed by atoms with E-state index in [4.69, 9.17) is 14.2 Å². The molecule has 7 nitrogen and oxygen atoms in total. The van der Waals surface area contributed by atoms with Gasteiger partial charge in [0.25, 0.3) is 5.91 Å². The van der Waals surface area contributed by atoms with Gasteiger partial charge in [-0.25, -0.2) is 0 Å². The summed E-state index contributed by atoms with van der Waals surface area (Å²) in [4.78, 5) is 26.0. The van der Waals surface area contributed by atoms with Crippen LogP contribution in [0.25, 0.3) is 16.8 Å². The van der Waals surface area contributed by atoms with E-state index in [-0.39, 0.29) is 11.6 Å². The van der Waals surface area contributed by atoms with Crippen LogP contribution < -0.4 is 24.8 Å². The summed E-state index contributed by atoms with van der Waals surface area (Å²) in [6, 6.07) is 16.9. The lowest BCUT2D eigenvalue weighted by Crippen LogP contribution is -2.38. The Hall–Kier alpha value is -4.00. The number of nitrogens with one attached hydrogen (secondary N) is 2. The lowest BCUT2D eigenvalue weighted by Gasteiger charge is -2.20. The molecule has 0 spiro atoms. The number of anilines is 1. The molecule has 2 amide bonds. The molecule has 3 aromatic rings. The van der Waals surface area contributed by atoms with Crippen molar-refractivity contribution in [3.63, 3.8) is 0 Å². The van der Waals surface area contributed by atoms with Crippen LogP contribution in [0.1, 0.15) is 26.3 Å². The van der Waals surface area contributed by atoms with Crippen LogP contribution in [0, 0.1) is 5.41 Å². The van der Waals surface area contributed by atoms with Gasteiger partial charge in [-0.1, -0.05) is 51.1 Å². The maximum absolute atomic E-state index is 13.3. The molecule has 0 aliphatic rings. The fourth-order valence-corrected chi connectivity index (χ4v) is 3.29. The van der Waals surface area contributed by atoms with Gasteiger partial charge in [-0.2, -0.15) is 0 Å². The van der Waals surface area contributed by atoms with Gasteiger partial charge in [0.2, 0.25) is 11.7 Å². The topological polar surface area (TPSA) is 85.9 Å². The van der Waals surface area contributed by atoms with E-state index in [9.17, 15) is 9.59 Å². The molecule has 7 heteroatoms. The first-order chi connectivity index (χ1) is 16.2. The summed E-state index contributed by atoms with van der Waals surface area (Å²) in [7, 11) is 4.54. The van der Waals surface area contributed by atoms with Gasteiger partial charge in [0, 0.05) is 11.1 Å². The molecule has 0 atom stereocenters. The molecule has 0 radical (unpaired) electrons. The van der Waals surface area contributed by atoms with Crippen LogP contribution in [0.3, 0.4) is 0 Å². The van der Waals surface area contributed by atoms with Crippen molar-refractivity contribution >= 4 is 34.4 Å². The first-order valence-electron chi connectivity index (χ1n) is 10.8. The molecule has 0 aliphatic carbocycles. The molecule has 34 heavy (non-hydrogen) atoms. The number of fused-ring (bicyclic) bond motifs is 1. The van der Waals surface area contributed by atoms with Gasteiger partial charge in [0.1, 0.15) is 5.70 Å². The highest BCUT2D eigenvalue weighted by Crippen LogP contribution is 2.38. The Morgan fingerprint density at radius 3 is 2.00 bits per heavy atom. The number of methoxy groups -OCH3 is 3. The molecule has 0 unspecified atom stereocenters. The summed E-state index contributed by atoms with van der Waals surface area (Å²) in [6.07, 6.45) is 1.57. The van der Waals surface area contributed by atoms with Gasteiger partial charge in [-0.05, 0) is 46.7 Å². The lowest BCUT2D eigenvalue weighted by atomic mass is 9.95. The summed E-state index contributed by atoms with van der Waals surface area (Å²) >= 11 is 0. The SMILES string of the molecule is COc1cc(/C=C(/NC(=O)C(C)(C)C)C(=O)Nc2ccc3ccccc3c2)cc(OC)c1OC. The summed E-state index contributed by atoms with van der Waals surface area (Å²) in [6.45, 7) is 5.34. The Morgan fingerprint density at radius 1 is 0.824 bits per heavy atom. The minimum atomic E-state index is -0.697. The summed E-state index contributed by atoms with van der Waals surface area (Å²) in [5, 5.41) is 7.70. The normalized spacial score (nSPS) is 11.6. The minimum absolute atomic E-state index is 0.0855.